The second-order valence-electron chi connectivity index (χ2n) is 5.93. The zero-order chi connectivity index (χ0) is 18.4. The van der Waals surface area contributed by atoms with Gasteiger partial charge in [-0.2, -0.15) is 5.10 Å². The number of imidazole rings is 1. The van der Waals surface area contributed by atoms with Crippen LogP contribution in [0.3, 0.4) is 0 Å². The smallest absolute Gasteiger partial charge is 0.272 e. The second-order valence-corrected chi connectivity index (χ2v) is 5.93. The van der Waals surface area contributed by atoms with Crippen molar-refractivity contribution >= 4 is 5.91 Å². The molecule has 0 aliphatic heterocycles. The Morgan fingerprint density at radius 1 is 1.19 bits per heavy atom. The first-order chi connectivity index (χ1) is 12.7. The third-order valence-corrected chi connectivity index (χ3v) is 3.95. The molecular weight excluding hydrogens is 330 g/mol. The molecular formula is C19H21N5O2. The lowest BCUT2D eigenvalue weighted by Crippen LogP contribution is -2.29. The van der Waals surface area contributed by atoms with Gasteiger partial charge in [0.1, 0.15) is 11.5 Å². The number of aromatic amines is 1. The van der Waals surface area contributed by atoms with E-state index in [1.807, 2.05) is 37.3 Å². The van der Waals surface area contributed by atoms with Gasteiger partial charge in [-0.3, -0.25) is 9.59 Å². The number of carbonyl (C=O) groups is 1. The molecule has 0 bridgehead atoms. The topological polar surface area (TPSA) is 92.7 Å². The van der Waals surface area contributed by atoms with Gasteiger partial charge in [-0.15, -0.1) is 0 Å². The first-order valence-electron chi connectivity index (χ1n) is 8.63. The lowest BCUT2D eigenvalue weighted by atomic mass is 10.2. The molecule has 2 N–H and O–H groups in total. The molecule has 0 atom stereocenters. The molecule has 0 saturated carbocycles. The van der Waals surface area contributed by atoms with Crippen LogP contribution in [0.1, 0.15) is 36.1 Å². The summed E-state index contributed by atoms with van der Waals surface area (Å²) in [6, 6.07) is 12.6. The van der Waals surface area contributed by atoms with E-state index in [0.29, 0.717) is 12.4 Å². The number of H-pyrrole nitrogens is 1. The zero-order valence-corrected chi connectivity index (χ0v) is 14.6. The number of hydrogen-bond acceptors (Lipinski definition) is 4. The minimum absolute atomic E-state index is 0.200. The summed E-state index contributed by atoms with van der Waals surface area (Å²) in [5, 5.41) is 6.91. The van der Waals surface area contributed by atoms with E-state index in [4.69, 9.17) is 0 Å². The minimum atomic E-state index is -0.340. The van der Waals surface area contributed by atoms with Crippen LogP contribution in [0.4, 0.5) is 0 Å². The molecule has 0 spiro atoms. The number of aromatic nitrogens is 4. The summed E-state index contributed by atoms with van der Waals surface area (Å²) in [5.41, 5.74) is 1.94. The van der Waals surface area contributed by atoms with Crippen molar-refractivity contribution in [1.82, 2.24) is 25.1 Å². The van der Waals surface area contributed by atoms with Crippen LogP contribution in [0.2, 0.25) is 0 Å². The monoisotopic (exact) mass is 351 g/mol. The van der Waals surface area contributed by atoms with Crippen LogP contribution in [0.25, 0.3) is 11.3 Å². The van der Waals surface area contributed by atoms with E-state index >= 15 is 0 Å². The third-order valence-electron chi connectivity index (χ3n) is 3.95. The summed E-state index contributed by atoms with van der Waals surface area (Å²) in [6.07, 6.45) is 3.53. The van der Waals surface area contributed by atoms with Crippen LogP contribution >= 0.6 is 0 Å². The average Bonchev–Trinajstić information content (AvgIpc) is 3.15. The fourth-order valence-corrected chi connectivity index (χ4v) is 2.51. The number of hydrogen-bond donors (Lipinski definition) is 2. The van der Waals surface area contributed by atoms with E-state index in [1.54, 1.807) is 6.20 Å². The molecule has 2 heterocycles. The lowest BCUT2D eigenvalue weighted by Gasteiger charge is -2.06. The van der Waals surface area contributed by atoms with Crippen molar-refractivity contribution in [2.45, 2.75) is 32.9 Å². The lowest BCUT2D eigenvalue weighted by molar-refractivity contribution is 0.0942. The molecule has 7 nitrogen and oxygen atoms in total. The van der Waals surface area contributed by atoms with E-state index in [2.05, 4.69) is 20.4 Å². The van der Waals surface area contributed by atoms with E-state index < -0.39 is 0 Å². The summed E-state index contributed by atoms with van der Waals surface area (Å²) in [5.74, 6) is 0.310. The molecule has 0 radical (unpaired) electrons. The number of unbranched alkanes of at least 4 members (excludes halogenated alkanes) is 1. The first kappa shape index (κ1) is 17.6. The number of aryl methyl sites for hydroxylation is 1. The summed E-state index contributed by atoms with van der Waals surface area (Å²) in [7, 11) is 0. The average molecular weight is 351 g/mol. The molecule has 0 saturated heterocycles. The maximum Gasteiger partial charge on any atom is 0.272 e. The van der Waals surface area contributed by atoms with Crippen molar-refractivity contribution < 1.29 is 4.79 Å². The van der Waals surface area contributed by atoms with Gasteiger partial charge in [-0.25, -0.2) is 9.67 Å². The number of amides is 1. The first-order valence-corrected chi connectivity index (χ1v) is 8.63. The highest BCUT2D eigenvalue weighted by molar-refractivity contribution is 5.91. The van der Waals surface area contributed by atoms with Gasteiger partial charge >= 0.3 is 0 Å². The predicted molar refractivity (Wildman–Crippen MR) is 98.6 cm³/mol. The van der Waals surface area contributed by atoms with Crippen molar-refractivity contribution in [1.29, 1.82) is 0 Å². The molecule has 26 heavy (non-hydrogen) atoms. The highest BCUT2D eigenvalue weighted by Gasteiger charge is 2.10. The van der Waals surface area contributed by atoms with E-state index in [1.165, 1.54) is 16.8 Å². The summed E-state index contributed by atoms with van der Waals surface area (Å²) < 4.78 is 1.33. The zero-order valence-electron chi connectivity index (χ0n) is 14.6. The SMILES string of the molecule is CCCCn1nc(C(=O)NCc2ncc(-c3ccccc3)[nH]2)ccc1=O. The molecule has 1 aromatic carbocycles. The molecule has 0 fully saturated rings. The Bertz CT molecular complexity index is 930. The van der Waals surface area contributed by atoms with Gasteiger partial charge in [0.2, 0.25) is 0 Å². The van der Waals surface area contributed by atoms with Gasteiger partial charge in [0, 0.05) is 12.6 Å². The Hall–Kier alpha value is -3.22. The summed E-state index contributed by atoms with van der Waals surface area (Å²) in [6.45, 7) is 2.80. The minimum Gasteiger partial charge on any atom is -0.343 e. The maximum absolute atomic E-state index is 12.3. The van der Waals surface area contributed by atoms with E-state index in [9.17, 15) is 9.59 Å². The van der Waals surface area contributed by atoms with Crippen LogP contribution in [0, 0.1) is 0 Å². The van der Waals surface area contributed by atoms with Crippen LogP contribution in [0.15, 0.2) is 53.5 Å². The highest BCUT2D eigenvalue weighted by Crippen LogP contribution is 2.15. The second kappa shape index (κ2) is 8.24. The fourth-order valence-electron chi connectivity index (χ4n) is 2.51. The number of carbonyl (C=O) groups excluding carboxylic acids is 1. The van der Waals surface area contributed by atoms with Gasteiger partial charge in [0.25, 0.3) is 11.5 Å². The van der Waals surface area contributed by atoms with Crippen LogP contribution in [-0.2, 0) is 13.1 Å². The number of nitrogens with one attached hydrogen (secondary N) is 2. The fraction of sp³-hybridized carbons (Fsp3) is 0.263. The number of rotatable bonds is 7. The molecule has 3 aromatic rings. The van der Waals surface area contributed by atoms with Crippen molar-refractivity contribution in [2.24, 2.45) is 0 Å². The standard InChI is InChI=1S/C19H21N5O2/c1-2-3-11-24-18(25)10-9-15(23-24)19(26)21-13-17-20-12-16(22-17)14-7-5-4-6-8-14/h4-10,12H,2-3,11,13H2,1H3,(H,20,22)(H,21,26). The van der Waals surface area contributed by atoms with Crippen LogP contribution in [-0.4, -0.2) is 25.7 Å². The number of benzene rings is 1. The Kier molecular flexibility index (Phi) is 5.58. The Morgan fingerprint density at radius 2 is 2.00 bits per heavy atom. The van der Waals surface area contributed by atoms with Gasteiger partial charge in [0.15, 0.2) is 0 Å². The molecule has 2 aromatic heterocycles. The van der Waals surface area contributed by atoms with Gasteiger partial charge in [-0.05, 0) is 18.1 Å². The Morgan fingerprint density at radius 3 is 2.77 bits per heavy atom. The molecule has 7 heteroatoms. The van der Waals surface area contributed by atoms with E-state index in [0.717, 1.165) is 24.1 Å². The van der Waals surface area contributed by atoms with Gasteiger partial charge < -0.3 is 10.3 Å². The Balaban J connectivity index is 1.64. The molecule has 0 aliphatic carbocycles. The quantitative estimate of drug-likeness (QED) is 0.683. The maximum atomic E-state index is 12.3. The molecule has 0 aliphatic rings. The Labute approximate surface area is 151 Å². The largest absolute Gasteiger partial charge is 0.343 e. The third kappa shape index (κ3) is 4.24. The van der Waals surface area contributed by atoms with Crippen LogP contribution < -0.4 is 10.9 Å². The predicted octanol–water partition coefficient (Wildman–Crippen LogP) is 2.36. The summed E-state index contributed by atoms with van der Waals surface area (Å²) >= 11 is 0. The molecule has 1 amide bonds. The van der Waals surface area contributed by atoms with Gasteiger partial charge in [-0.1, -0.05) is 43.7 Å². The van der Waals surface area contributed by atoms with Gasteiger partial charge in [0.05, 0.1) is 18.4 Å². The van der Waals surface area contributed by atoms with Crippen molar-refractivity contribution in [3.63, 3.8) is 0 Å². The van der Waals surface area contributed by atoms with Crippen LogP contribution in [0.5, 0.6) is 0 Å². The molecule has 134 valence electrons. The molecule has 0 unspecified atom stereocenters. The van der Waals surface area contributed by atoms with Crippen molar-refractivity contribution in [3.8, 4) is 11.3 Å². The highest BCUT2D eigenvalue weighted by atomic mass is 16.2. The summed E-state index contributed by atoms with van der Waals surface area (Å²) in [4.78, 5) is 31.5. The van der Waals surface area contributed by atoms with Crippen molar-refractivity contribution in [3.05, 3.63) is 70.5 Å². The van der Waals surface area contributed by atoms with Crippen molar-refractivity contribution in [2.75, 3.05) is 0 Å². The molecule has 3 rings (SSSR count). The van der Waals surface area contributed by atoms with E-state index in [-0.39, 0.29) is 23.7 Å². The number of nitrogens with zero attached hydrogens (tertiary/aromatic N) is 3. The normalized spacial score (nSPS) is 10.7.